The molecule has 3 atom stereocenters. The molecule has 0 aromatic rings. The van der Waals surface area contributed by atoms with Crippen LogP contribution in [-0.2, 0) is 4.74 Å². The molecule has 1 heterocycles. The fourth-order valence-electron chi connectivity index (χ4n) is 1.90. The molecule has 0 aromatic heterocycles. The van der Waals surface area contributed by atoms with Crippen molar-refractivity contribution in [3.05, 3.63) is 0 Å². The summed E-state index contributed by atoms with van der Waals surface area (Å²) in [6.45, 7) is 9.00. The van der Waals surface area contributed by atoms with Crippen molar-refractivity contribution in [3.63, 3.8) is 0 Å². The molecule has 1 rings (SSSR count). The lowest BCUT2D eigenvalue weighted by atomic mass is 9.89. The first-order chi connectivity index (χ1) is 5.09. The van der Waals surface area contributed by atoms with Gasteiger partial charge in [0.1, 0.15) is 0 Å². The van der Waals surface area contributed by atoms with E-state index in [0.29, 0.717) is 18.1 Å². The van der Waals surface area contributed by atoms with Crippen molar-refractivity contribution in [2.45, 2.75) is 52.7 Å². The van der Waals surface area contributed by atoms with Gasteiger partial charge >= 0.3 is 0 Å². The van der Waals surface area contributed by atoms with E-state index in [2.05, 4.69) is 27.7 Å². The zero-order valence-electron chi connectivity index (χ0n) is 8.13. The highest BCUT2D eigenvalue weighted by molar-refractivity contribution is 4.74. The molecule has 1 nitrogen and oxygen atoms in total. The summed E-state index contributed by atoms with van der Waals surface area (Å²) >= 11 is 0. The molecule has 11 heavy (non-hydrogen) atoms. The van der Waals surface area contributed by atoms with Gasteiger partial charge in [0, 0.05) is 0 Å². The first kappa shape index (κ1) is 9.05. The Kier molecular flexibility index (Phi) is 2.94. The van der Waals surface area contributed by atoms with Crippen LogP contribution in [0.25, 0.3) is 0 Å². The molecule has 0 aromatic carbocycles. The van der Waals surface area contributed by atoms with Gasteiger partial charge in [-0.05, 0) is 31.6 Å². The van der Waals surface area contributed by atoms with E-state index in [4.69, 9.17) is 4.74 Å². The Hall–Kier alpha value is -0.0400. The van der Waals surface area contributed by atoms with Crippen molar-refractivity contribution >= 4 is 0 Å². The van der Waals surface area contributed by atoms with E-state index in [1.54, 1.807) is 0 Å². The van der Waals surface area contributed by atoms with Gasteiger partial charge in [0.2, 0.25) is 0 Å². The van der Waals surface area contributed by atoms with Crippen LogP contribution >= 0.6 is 0 Å². The Labute approximate surface area is 70.1 Å². The predicted molar refractivity (Wildman–Crippen MR) is 47.6 cm³/mol. The van der Waals surface area contributed by atoms with Crippen LogP contribution in [0.15, 0.2) is 0 Å². The molecule has 0 spiro atoms. The topological polar surface area (TPSA) is 9.23 Å². The second kappa shape index (κ2) is 3.57. The predicted octanol–water partition coefficient (Wildman–Crippen LogP) is 2.85. The highest BCUT2D eigenvalue weighted by atomic mass is 16.5. The van der Waals surface area contributed by atoms with Crippen LogP contribution in [-0.4, -0.2) is 12.2 Å². The maximum absolute atomic E-state index is 5.82. The maximum Gasteiger partial charge on any atom is 0.0604 e. The van der Waals surface area contributed by atoms with Crippen LogP contribution in [0, 0.1) is 11.8 Å². The van der Waals surface area contributed by atoms with Crippen LogP contribution in [0.4, 0.5) is 0 Å². The molecular formula is C10H20O. The molecule has 1 aliphatic heterocycles. The van der Waals surface area contributed by atoms with E-state index in [9.17, 15) is 0 Å². The minimum atomic E-state index is 0.478. The second-order valence-electron chi connectivity index (χ2n) is 4.31. The first-order valence-corrected chi connectivity index (χ1v) is 4.75. The number of rotatable bonds is 1. The smallest absolute Gasteiger partial charge is 0.0604 e. The minimum absolute atomic E-state index is 0.478. The fourth-order valence-corrected chi connectivity index (χ4v) is 1.90. The van der Waals surface area contributed by atoms with E-state index >= 15 is 0 Å². The lowest BCUT2D eigenvalue weighted by molar-refractivity contribution is -0.0789. The third-order valence-corrected chi connectivity index (χ3v) is 2.52. The molecule has 1 heteroatoms. The molecule has 0 aliphatic carbocycles. The lowest BCUT2D eigenvalue weighted by Gasteiger charge is -2.34. The molecule has 0 radical (unpaired) electrons. The average Bonchev–Trinajstić information content (AvgIpc) is 1.85. The Morgan fingerprint density at radius 1 is 1.18 bits per heavy atom. The summed E-state index contributed by atoms with van der Waals surface area (Å²) in [5, 5.41) is 0. The Bertz CT molecular complexity index is 110. The van der Waals surface area contributed by atoms with Gasteiger partial charge in [-0.25, -0.2) is 0 Å². The van der Waals surface area contributed by atoms with E-state index in [0.717, 1.165) is 5.92 Å². The third-order valence-electron chi connectivity index (χ3n) is 2.52. The Morgan fingerprint density at radius 3 is 2.27 bits per heavy atom. The van der Waals surface area contributed by atoms with Gasteiger partial charge in [0.25, 0.3) is 0 Å². The highest BCUT2D eigenvalue weighted by Crippen LogP contribution is 2.27. The van der Waals surface area contributed by atoms with Crippen LogP contribution < -0.4 is 0 Å². The summed E-state index contributed by atoms with van der Waals surface area (Å²) in [6.07, 6.45) is 3.48. The van der Waals surface area contributed by atoms with Gasteiger partial charge in [0.15, 0.2) is 0 Å². The van der Waals surface area contributed by atoms with Crippen LogP contribution in [0.1, 0.15) is 40.5 Å². The molecular weight excluding hydrogens is 136 g/mol. The molecule has 0 saturated carbocycles. The Morgan fingerprint density at radius 2 is 1.82 bits per heavy atom. The number of ether oxygens (including phenoxy) is 1. The SMILES string of the molecule is CC1CC(C)OC(C(C)C)C1. The number of hydrogen-bond acceptors (Lipinski definition) is 1. The highest BCUT2D eigenvalue weighted by Gasteiger charge is 2.26. The molecule has 0 amide bonds. The van der Waals surface area contributed by atoms with Crippen LogP contribution in [0.3, 0.4) is 0 Å². The standard InChI is InChI=1S/C10H20O/c1-7(2)10-6-8(3)5-9(4)11-10/h7-10H,5-6H2,1-4H3. The molecule has 3 unspecified atom stereocenters. The summed E-state index contributed by atoms with van der Waals surface area (Å²) in [7, 11) is 0. The third kappa shape index (κ3) is 2.48. The maximum atomic E-state index is 5.82. The zero-order chi connectivity index (χ0) is 8.43. The Balaban J connectivity index is 2.43. The quantitative estimate of drug-likeness (QED) is 0.567. The van der Waals surface area contributed by atoms with Crippen molar-refractivity contribution in [1.82, 2.24) is 0 Å². The molecule has 1 fully saturated rings. The molecule has 66 valence electrons. The first-order valence-electron chi connectivity index (χ1n) is 4.75. The van der Waals surface area contributed by atoms with Crippen molar-refractivity contribution in [2.75, 3.05) is 0 Å². The van der Waals surface area contributed by atoms with Crippen molar-refractivity contribution in [3.8, 4) is 0 Å². The summed E-state index contributed by atoms with van der Waals surface area (Å²) in [5.41, 5.74) is 0. The summed E-state index contributed by atoms with van der Waals surface area (Å²) < 4.78 is 5.82. The summed E-state index contributed by atoms with van der Waals surface area (Å²) in [5.74, 6) is 1.53. The lowest BCUT2D eigenvalue weighted by Crippen LogP contribution is -2.33. The van der Waals surface area contributed by atoms with Gasteiger partial charge in [-0.3, -0.25) is 0 Å². The van der Waals surface area contributed by atoms with E-state index < -0.39 is 0 Å². The monoisotopic (exact) mass is 156 g/mol. The molecule has 1 saturated heterocycles. The fraction of sp³-hybridized carbons (Fsp3) is 1.00. The van der Waals surface area contributed by atoms with Crippen LogP contribution in [0.2, 0.25) is 0 Å². The van der Waals surface area contributed by atoms with Gasteiger partial charge < -0.3 is 4.74 Å². The van der Waals surface area contributed by atoms with E-state index in [1.165, 1.54) is 12.8 Å². The van der Waals surface area contributed by atoms with Gasteiger partial charge in [0.05, 0.1) is 12.2 Å². The van der Waals surface area contributed by atoms with Gasteiger partial charge in [-0.1, -0.05) is 20.8 Å². The van der Waals surface area contributed by atoms with Gasteiger partial charge in [-0.15, -0.1) is 0 Å². The average molecular weight is 156 g/mol. The zero-order valence-corrected chi connectivity index (χ0v) is 8.13. The van der Waals surface area contributed by atoms with E-state index in [1.807, 2.05) is 0 Å². The normalized spacial score (nSPS) is 39.5. The summed E-state index contributed by atoms with van der Waals surface area (Å²) in [6, 6.07) is 0. The second-order valence-corrected chi connectivity index (χ2v) is 4.31. The largest absolute Gasteiger partial charge is 0.375 e. The summed E-state index contributed by atoms with van der Waals surface area (Å²) in [4.78, 5) is 0. The van der Waals surface area contributed by atoms with Gasteiger partial charge in [-0.2, -0.15) is 0 Å². The minimum Gasteiger partial charge on any atom is -0.375 e. The van der Waals surface area contributed by atoms with Crippen molar-refractivity contribution in [1.29, 1.82) is 0 Å². The van der Waals surface area contributed by atoms with Crippen LogP contribution in [0.5, 0.6) is 0 Å². The number of hydrogen-bond donors (Lipinski definition) is 0. The van der Waals surface area contributed by atoms with Crippen molar-refractivity contribution < 1.29 is 4.74 Å². The molecule has 0 N–H and O–H groups in total. The van der Waals surface area contributed by atoms with Crippen molar-refractivity contribution in [2.24, 2.45) is 11.8 Å². The van der Waals surface area contributed by atoms with E-state index in [-0.39, 0.29) is 0 Å². The molecule has 0 bridgehead atoms. The molecule has 1 aliphatic rings.